The van der Waals surface area contributed by atoms with Crippen LogP contribution in [0.1, 0.15) is 16.8 Å². The smallest absolute Gasteiger partial charge is 0.120 e. The van der Waals surface area contributed by atoms with Gasteiger partial charge in [0, 0.05) is 28.1 Å². The lowest BCUT2D eigenvalue weighted by atomic mass is 10.2. The molecular formula is C16H15ClN2S. The van der Waals surface area contributed by atoms with Gasteiger partial charge in [0.25, 0.3) is 0 Å². The summed E-state index contributed by atoms with van der Waals surface area (Å²) in [6, 6.07) is 10.0. The first-order valence-corrected chi connectivity index (χ1v) is 7.82. The Labute approximate surface area is 127 Å². The fourth-order valence-electron chi connectivity index (χ4n) is 2.20. The van der Waals surface area contributed by atoms with Crippen molar-refractivity contribution in [2.24, 2.45) is 0 Å². The molecule has 2 nitrogen and oxygen atoms in total. The molecule has 0 aliphatic rings. The van der Waals surface area contributed by atoms with Crippen molar-refractivity contribution in [1.29, 1.82) is 0 Å². The topological polar surface area (TPSA) is 28.7 Å². The van der Waals surface area contributed by atoms with Gasteiger partial charge >= 0.3 is 0 Å². The minimum absolute atomic E-state index is 0.773. The molecule has 2 heterocycles. The molecule has 0 fully saturated rings. The van der Waals surface area contributed by atoms with Crippen molar-refractivity contribution in [3.05, 3.63) is 58.4 Å². The molecule has 0 spiro atoms. The number of aryl methyl sites for hydroxylation is 2. The molecule has 4 heteroatoms. The van der Waals surface area contributed by atoms with Crippen LogP contribution in [0.4, 0.5) is 0 Å². The SMILES string of the molecule is Cc1[nH]c2c(SCc3ccc(Cl)cc3)nccc2c1C. The molecule has 0 saturated carbocycles. The van der Waals surface area contributed by atoms with Gasteiger partial charge < -0.3 is 4.98 Å². The second-order valence-corrected chi connectivity index (χ2v) is 6.23. The van der Waals surface area contributed by atoms with E-state index in [0.29, 0.717) is 0 Å². The zero-order chi connectivity index (χ0) is 14.1. The Morgan fingerprint density at radius 3 is 2.65 bits per heavy atom. The van der Waals surface area contributed by atoms with Gasteiger partial charge in [-0.25, -0.2) is 4.98 Å². The van der Waals surface area contributed by atoms with Gasteiger partial charge in [0.05, 0.1) is 5.52 Å². The summed E-state index contributed by atoms with van der Waals surface area (Å²) < 4.78 is 0. The number of pyridine rings is 1. The number of rotatable bonds is 3. The third-order valence-corrected chi connectivity index (χ3v) is 4.80. The van der Waals surface area contributed by atoms with Gasteiger partial charge in [0.2, 0.25) is 0 Å². The summed E-state index contributed by atoms with van der Waals surface area (Å²) in [5.41, 5.74) is 4.90. The van der Waals surface area contributed by atoms with E-state index in [1.54, 1.807) is 11.8 Å². The number of H-pyrrole nitrogens is 1. The van der Waals surface area contributed by atoms with E-state index < -0.39 is 0 Å². The molecule has 3 rings (SSSR count). The van der Waals surface area contributed by atoms with Crippen LogP contribution in [-0.2, 0) is 5.75 Å². The van der Waals surface area contributed by atoms with Crippen molar-refractivity contribution >= 4 is 34.3 Å². The fourth-order valence-corrected chi connectivity index (χ4v) is 3.26. The normalized spacial score (nSPS) is 11.2. The summed E-state index contributed by atoms with van der Waals surface area (Å²) in [7, 11) is 0. The summed E-state index contributed by atoms with van der Waals surface area (Å²) in [5.74, 6) is 0.889. The van der Waals surface area contributed by atoms with Gasteiger partial charge in [0.1, 0.15) is 5.03 Å². The average Bonchev–Trinajstić information content (AvgIpc) is 2.75. The molecule has 0 amide bonds. The van der Waals surface area contributed by atoms with Crippen LogP contribution in [0.25, 0.3) is 10.9 Å². The number of aromatic nitrogens is 2. The molecule has 0 unspecified atom stereocenters. The predicted molar refractivity (Wildman–Crippen MR) is 86.6 cm³/mol. The predicted octanol–water partition coefficient (Wildman–Crippen LogP) is 5.13. The molecule has 0 atom stereocenters. The van der Waals surface area contributed by atoms with E-state index in [2.05, 4.69) is 42.0 Å². The first kappa shape index (κ1) is 13.5. The van der Waals surface area contributed by atoms with Crippen molar-refractivity contribution in [3.8, 4) is 0 Å². The van der Waals surface area contributed by atoms with Crippen molar-refractivity contribution in [2.75, 3.05) is 0 Å². The minimum Gasteiger partial charge on any atom is -0.356 e. The minimum atomic E-state index is 0.773. The summed E-state index contributed by atoms with van der Waals surface area (Å²) in [4.78, 5) is 7.94. The van der Waals surface area contributed by atoms with Gasteiger partial charge in [0.15, 0.2) is 0 Å². The van der Waals surface area contributed by atoms with Gasteiger partial charge in [-0.05, 0) is 43.2 Å². The van der Waals surface area contributed by atoms with Crippen LogP contribution >= 0.6 is 23.4 Å². The Kier molecular flexibility index (Phi) is 3.72. The second-order valence-electron chi connectivity index (χ2n) is 4.83. The maximum absolute atomic E-state index is 5.90. The van der Waals surface area contributed by atoms with E-state index >= 15 is 0 Å². The third kappa shape index (κ3) is 2.56. The van der Waals surface area contributed by atoms with Gasteiger partial charge in [-0.1, -0.05) is 35.5 Å². The Morgan fingerprint density at radius 2 is 1.90 bits per heavy atom. The summed E-state index contributed by atoms with van der Waals surface area (Å²) in [5, 5.41) is 3.08. The molecule has 0 aliphatic heterocycles. The van der Waals surface area contributed by atoms with E-state index in [-0.39, 0.29) is 0 Å². The highest BCUT2D eigenvalue weighted by atomic mass is 35.5. The average molecular weight is 303 g/mol. The molecular weight excluding hydrogens is 288 g/mol. The number of benzene rings is 1. The number of halogens is 1. The summed E-state index contributed by atoms with van der Waals surface area (Å²) >= 11 is 7.65. The van der Waals surface area contributed by atoms with Crippen LogP contribution in [0.15, 0.2) is 41.6 Å². The number of nitrogens with zero attached hydrogens (tertiary/aromatic N) is 1. The number of hydrogen-bond acceptors (Lipinski definition) is 2. The van der Waals surface area contributed by atoms with Crippen molar-refractivity contribution in [3.63, 3.8) is 0 Å². The van der Waals surface area contributed by atoms with E-state index in [1.165, 1.54) is 22.2 Å². The van der Waals surface area contributed by atoms with Crippen LogP contribution in [0.3, 0.4) is 0 Å². The molecule has 20 heavy (non-hydrogen) atoms. The van der Waals surface area contributed by atoms with E-state index in [0.717, 1.165) is 21.3 Å². The van der Waals surface area contributed by atoms with E-state index in [1.807, 2.05) is 18.3 Å². The van der Waals surface area contributed by atoms with Gasteiger partial charge in [-0.2, -0.15) is 0 Å². The number of fused-ring (bicyclic) bond motifs is 1. The summed E-state index contributed by atoms with van der Waals surface area (Å²) in [6.07, 6.45) is 1.88. The van der Waals surface area contributed by atoms with Crippen LogP contribution in [0.5, 0.6) is 0 Å². The Balaban J connectivity index is 1.87. The van der Waals surface area contributed by atoms with Gasteiger partial charge in [-0.15, -0.1) is 0 Å². The Hall–Kier alpha value is -1.45. The maximum Gasteiger partial charge on any atom is 0.120 e. The molecule has 102 valence electrons. The lowest BCUT2D eigenvalue weighted by Crippen LogP contribution is -1.85. The van der Waals surface area contributed by atoms with E-state index in [4.69, 9.17) is 11.6 Å². The molecule has 0 saturated heterocycles. The maximum atomic E-state index is 5.90. The lowest BCUT2D eigenvalue weighted by Gasteiger charge is -2.03. The van der Waals surface area contributed by atoms with Crippen LogP contribution in [0, 0.1) is 13.8 Å². The number of nitrogens with one attached hydrogen (secondary N) is 1. The highest BCUT2D eigenvalue weighted by Crippen LogP contribution is 2.30. The molecule has 2 aromatic heterocycles. The number of aromatic amines is 1. The van der Waals surface area contributed by atoms with Crippen LogP contribution in [-0.4, -0.2) is 9.97 Å². The highest BCUT2D eigenvalue weighted by Gasteiger charge is 2.09. The van der Waals surface area contributed by atoms with Crippen molar-refractivity contribution < 1.29 is 0 Å². The van der Waals surface area contributed by atoms with Crippen LogP contribution in [0.2, 0.25) is 5.02 Å². The monoisotopic (exact) mass is 302 g/mol. The highest BCUT2D eigenvalue weighted by molar-refractivity contribution is 7.98. The summed E-state index contributed by atoms with van der Waals surface area (Å²) in [6.45, 7) is 4.24. The Morgan fingerprint density at radius 1 is 1.15 bits per heavy atom. The Bertz CT molecular complexity index is 747. The van der Waals surface area contributed by atoms with Crippen LogP contribution < -0.4 is 0 Å². The van der Waals surface area contributed by atoms with Crippen molar-refractivity contribution in [2.45, 2.75) is 24.6 Å². The molecule has 1 aromatic carbocycles. The lowest BCUT2D eigenvalue weighted by molar-refractivity contribution is 1.14. The number of hydrogen-bond donors (Lipinski definition) is 1. The zero-order valence-electron chi connectivity index (χ0n) is 11.4. The largest absolute Gasteiger partial charge is 0.356 e. The quantitative estimate of drug-likeness (QED) is 0.680. The first-order valence-electron chi connectivity index (χ1n) is 6.46. The zero-order valence-corrected chi connectivity index (χ0v) is 13.0. The van der Waals surface area contributed by atoms with Gasteiger partial charge in [-0.3, -0.25) is 0 Å². The molecule has 3 aromatic rings. The second kappa shape index (κ2) is 5.51. The number of thioether (sulfide) groups is 1. The molecule has 0 bridgehead atoms. The molecule has 0 radical (unpaired) electrons. The third-order valence-electron chi connectivity index (χ3n) is 3.48. The first-order chi connectivity index (χ1) is 9.65. The standard InChI is InChI=1S/C16H15ClN2S/c1-10-11(2)19-15-14(10)7-8-18-16(15)20-9-12-3-5-13(17)6-4-12/h3-8,19H,9H2,1-2H3. The van der Waals surface area contributed by atoms with Crippen molar-refractivity contribution in [1.82, 2.24) is 9.97 Å². The molecule has 1 N–H and O–H groups in total. The molecule has 0 aliphatic carbocycles. The van der Waals surface area contributed by atoms with E-state index in [9.17, 15) is 0 Å². The fraction of sp³-hybridized carbons (Fsp3) is 0.188.